The third kappa shape index (κ3) is 3.96. The number of carbonyl (C=O) groups is 1. The topological polar surface area (TPSA) is 82.2 Å². The molecule has 2 aromatic carbocycles. The lowest BCUT2D eigenvalue weighted by Gasteiger charge is -2.23. The number of rotatable bonds is 6. The molecule has 7 heteroatoms. The first-order valence-electron chi connectivity index (χ1n) is 10.9. The van der Waals surface area contributed by atoms with Gasteiger partial charge in [0.1, 0.15) is 11.8 Å². The number of aromatic nitrogens is 2. The van der Waals surface area contributed by atoms with Crippen molar-refractivity contribution in [3.05, 3.63) is 51.8 Å². The van der Waals surface area contributed by atoms with Crippen LogP contribution >= 0.6 is 15.9 Å². The Labute approximate surface area is 190 Å². The lowest BCUT2D eigenvalue weighted by Crippen LogP contribution is -2.22. The Morgan fingerprint density at radius 1 is 1.26 bits per heavy atom. The Morgan fingerprint density at radius 2 is 2.03 bits per heavy atom. The minimum absolute atomic E-state index is 0.371. The number of ether oxygens (including phenoxy) is 1. The molecule has 1 saturated carbocycles. The van der Waals surface area contributed by atoms with E-state index in [9.17, 15) is 4.79 Å². The molecule has 2 heterocycles. The van der Waals surface area contributed by atoms with Crippen LogP contribution in [-0.4, -0.2) is 35.2 Å². The highest BCUT2D eigenvalue weighted by Crippen LogP contribution is 2.45. The molecular weight excluding hydrogens is 456 g/mol. The molecule has 1 amide bonds. The number of nitrogens with two attached hydrogens (primary N) is 1. The van der Waals surface area contributed by atoms with E-state index in [1.54, 1.807) is 0 Å². The highest BCUT2D eigenvalue weighted by Gasteiger charge is 2.30. The number of nitrogens with zero attached hydrogens (tertiary/aromatic N) is 2. The predicted octanol–water partition coefficient (Wildman–Crippen LogP) is 4.91. The molecule has 3 aromatic rings. The van der Waals surface area contributed by atoms with Crippen LogP contribution in [0.4, 0.5) is 5.69 Å². The third-order valence-electron chi connectivity index (χ3n) is 6.54. The maximum atomic E-state index is 11.9. The van der Waals surface area contributed by atoms with E-state index in [1.165, 1.54) is 5.56 Å². The summed E-state index contributed by atoms with van der Waals surface area (Å²) in [5.74, 6) is 0.726. The molecule has 2 aliphatic rings. The molecule has 0 bridgehead atoms. The largest absolute Gasteiger partial charge is 0.383 e. The first-order valence-corrected chi connectivity index (χ1v) is 11.7. The summed E-state index contributed by atoms with van der Waals surface area (Å²) in [6.45, 7) is 4.62. The number of benzene rings is 2. The molecule has 0 unspecified atom stereocenters. The van der Waals surface area contributed by atoms with Crippen LogP contribution in [0.15, 0.2) is 35.1 Å². The Hall–Kier alpha value is -2.38. The molecule has 162 valence electrons. The average molecular weight is 483 g/mol. The Kier molecular flexibility index (Phi) is 5.48. The summed E-state index contributed by atoms with van der Waals surface area (Å²) in [7, 11) is 0. The fourth-order valence-electron chi connectivity index (χ4n) is 4.69. The lowest BCUT2D eigenvalue weighted by molar-refractivity contribution is 0.0699. The fraction of sp³-hybridized carbons (Fsp3) is 0.417. The number of halogens is 1. The number of imidazole rings is 1. The molecule has 0 radical (unpaired) electrons. The molecule has 0 spiro atoms. The number of primary amides is 1. The average Bonchev–Trinajstić information content (AvgIpc) is 3.51. The van der Waals surface area contributed by atoms with Gasteiger partial charge in [-0.15, -0.1) is 0 Å². The van der Waals surface area contributed by atoms with Gasteiger partial charge in [-0.05, 0) is 79.8 Å². The van der Waals surface area contributed by atoms with Crippen molar-refractivity contribution >= 4 is 38.6 Å². The second-order valence-electron chi connectivity index (χ2n) is 8.68. The van der Waals surface area contributed by atoms with Crippen molar-refractivity contribution in [2.45, 2.75) is 38.5 Å². The van der Waals surface area contributed by atoms with Gasteiger partial charge in [0.15, 0.2) is 0 Å². The second-order valence-corrected chi connectivity index (χ2v) is 9.60. The van der Waals surface area contributed by atoms with Gasteiger partial charge in [0.25, 0.3) is 0 Å². The van der Waals surface area contributed by atoms with E-state index in [1.807, 2.05) is 25.4 Å². The maximum absolute atomic E-state index is 11.9. The van der Waals surface area contributed by atoms with Crippen molar-refractivity contribution in [1.29, 1.82) is 0 Å². The van der Waals surface area contributed by atoms with Gasteiger partial charge in [-0.2, -0.15) is 0 Å². The molecule has 1 saturated heterocycles. The van der Waals surface area contributed by atoms with Gasteiger partial charge in [-0.3, -0.25) is 9.36 Å². The number of hydrogen-bond acceptors (Lipinski definition) is 4. The molecule has 0 atom stereocenters. The van der Waals surface area contributed by atoms with E-state index in [-0.39, 0.29) is 5.91 Å². The Balaban J connectivity index is 1.55. The van der Waals surface area contributed by atoms with Gasteiger partial charge in [-0.1, -0.05) is 15.9 Å². The molecule has 3 N–H and O–H groups in total. The molecule has 2 fully saturated rings. The van der Waals surface area contributed by atoms with Crippen molar-refractivity contribution in [2.75, 3.05) is 25.1 Å². The zero-order valence-corrected chi connectivity index (χ0v) is 19.2. The normalized spacial score (nSPS) is 17.2. The number of nitrogens with one attached hydrogen (secondary N) is 1. The van der Waals surface area contributed by atoms with Crippen LogP contribution in [0.3, 0.4) is 0 Å². The number of amides is 1. The number of carbonyl (C=O) groups excluding carboxylic acids is 1. The Bertz CT molecular complexity index is 1150. The van der Waals surface area contributed by atoms with Gasteiger partial charge in [0.05, 0.1) is 16.9 Å². The van der Waals surface area contributed by atoms with Gasteiger partial charge in [0, 0.05) is 29.8 Å². The van der Waals surface area contributed by atoms with E-state index in [0.29, 0.717) is 17.4 Å². The van der Waals surface area contributed by atoms with Crippen molar-refractivity contribution in [2.24, 2.45) is 11.7 Å². The predicted molar refractivity (Wildman–Crippen MR) is 126 cm³/mol. The van der Waals surface area contributed by atoms with Crippen LogP contribution in [0.25, 0.3) is 16.7 Å². The zero-order valence-electron chi connectivity index (χ0n) is 17.7. The molecule has 1 aliphatic heterocycles. The highest BCUT2D eigenvalue weighted by molar-refractivity contribution is 9.10. The van der Waals surface area contributed by atoms with Gasteiger partial charge in [0.2, 0.25) is 5.91 Å². The molecule has 6 nitrogen and oxygen atoms in total. The summed E-state index contributed by atoms with van der Waals surface area (Å²) in [5, 5.41) is 3.63. The molecule has 31 heavy (non-hydrogen) atoms. The minimum Gasteiger partial charge on any atom is -0.383 e. The highest BCUT2D eigenvalue weighted by atomic mass is 79.9. The van der Waals surface area contributed by atoms with Crippen molar-refractivity contribution in [3.63, 3.8) is 0 Å². The summed E-state index contributed by atoms with van der Waals surface area (Å²) >= 11 is 3.68. The first-order chi connectivity index (χ1) is 15.0. The fourth-order valence-corrected chi connectivity index (χ4v) is 5.14. The summed E-state index contributed by atoms with van der Waals surface area (Å²) in [6, 6.07) is 8.06. The molecular formula is C24H27BrN4O2. The smallest absolute Gasteiger partial charge is 0.248 e. The number of hydrogen-bond donors (Lipinski definition) is 2. The third-order valence-corrected chi connectivity index (χ3v) is 7.00. The second kappa shape index (κ2) is 8.28. The quantitative estimate of drug-likeness (QED) is 0.522. The first kappa shape index (κ1) is 20.5. The van der Waals surface area contributed by atoms with Crippen LogP contribution in [0, 0.1) is 12.8 Å². The molecule has 1 aromatic heterocycles. The van der Waals surface area contributed by atoms with Crippen LogP contribution in [0.1, 0.15) is 53.1 Å². The lowest BCUT2D eigenvalue weighted by atomic mass is 9.96. The standard InChI is InChI=1S/C24H27BrN4O2/c1-14-18(24(26)30)4-5-20(22(14)16-2-3-16)29-13-28-23-19(10-17(25)11-21(23)29)27-12-15-6-8-31-9-7-15/h4-5,10-11,13,15-16,27H,2-3,6-9,12H2,1H3,(H2,26,30). The van der Waals surface area contributed by atoms with E-state index in [4.69, 9.17) is 15.5 Å². The van der Waals surface area contributed by atoms with Crippen molar-refractivity contribution < 1.29 is 9.53 Å². The Morgan fingerprint density at radius 3 is 2.74 bits per heavy atom. The van der Waals surface area contributed by atoms with E-state index >= 15 is 0 Å². The van der Waals surface area contributed by atoms with Crippen LogP contribution < -0.4 is 11.1 Å². The maximum Gasteiger partial charge on any atom is 0.248 e. The zero-order chi connectivity index (χ0) is 21.5. The summed E-state index contributed by atoms with van der Waals surface area (Å²) in [5.41, 5.74) is 12.5. The SMILES string of the molecule is Cc1c(C(N)=O)ccc(-n2cnc3c(NCC4CCOCC4)cc(Br)cc32)c1C1CC1. The van der Waals surface area contributed by atoms with E-state index in [2.05, 4.69) is 37.9 Å². The van der Waals surface area contributed by atoms with Crippen LogP contribution in [0.5, 0.6) is 0 Å². The number of fused-ring (bicyclic) bond motifs is 1. The van der Waals surface area contributed by atoms with Gasteiger partial charge < -0.3 is 15.8 Å². The summed E-state index contributed by atoms with van der Waals surface area (Å²) < 4.78 is 8.63. The molecule has 1 aliphatic carbocycles. The van der Waals surface area contributed by atoms with Crippen LogP contribution in [0.2, 0.25) is 0 Å². The van der Waals surface area contributed by atoms with Gasteiger partial charge in [-0.25, -0.2) is 4.98 Å². The number of anilines is 1. The summed E-state index contributed by atoms with van der Waals surface area (Å²) in [6.07, 6.45) is 6.36. The minimum atomic E-state index is -0.371. The van der Waals surface area contributed by atoms with E-state index < -0.39 is 0 Å². The van der Waals surface area contributed by atoms with E-state index in [0.717, 1.165) is 77.9 Å². The van der Waals surface area contributed by atoms with Crippen LogP contribution in [-0.2, 0) is 4.74 Å². The summed E-state index contributed by atoms with van der Waals surface area (Å²) in [4.78, 5) is 16.7. The molecule has 5 rings (SSSR count). The van der Waals surface area contributed by atoms with Crippen molar-refractivity contribution in [3.8, 4) is 5.69 Å². The van der Waals surface area contributed by atoms with Crippen molar-refractivity contribution in [1.82, 2.24) is 9.55 Å². The monoisotopic (exact) mass is 482 g/mol. The van der Waals surface area contributed by atoms with Gasteiger partial charge >= 0.3 is 0 Å².